The number of benzene rings is 1. The number of allylic oxidation sites excluding steroid dienone is 1. The van der Waals surface area contributed by atoms with Gasteiger partial charge in [-0.05, 0) is 24.3 Å². The Morgan fingerprint density at radius 2 is 1.87 bits per heavy atom. The van der Waals surface area contributed by atoms with Crippen LogP contribution in [0.25, 0.3) is 0 Å². The van der Waals surface area contributed by atoms with E-state index in [4.69, 9.17) is 5.41 Å². The summed E-state index contributed by atoms with van der Waals surface area (Å²) in [6.07, 6.45) is 3.56. The molecule has 2 aliphatic rings. The molecule has 1 aromatic carbocycles. The van der Waals surface area contributed by atoms with E-state index in [1.165, 1.54) is 0 Å². The molecule has 4 atom stereocenters. The van der Waals surface area contributed by atoms with Gasteiger partial charge in [0.25, 0.3) is 0 Å². The average Bonchev–Trinajstić information content (AvgIpc) is 3.62. The summed E-state index contributed by atoms with van der Waals surface area (Å²) in [5.74, 6) is 0.816. The van der Waals surface area contributed by atoms with Crippen LogP contribution in [0.5, 0.6) is 0 Å². The van der Waals surface area contributed by atoms with Crippen LogP contribution >= 0.6 is 0 Å². The first kappa shape index (κ1) is 19.7. The second-order valence-corrected chi connectivity index (χ2v) is 7.90. The van der Waals surface area contributed by atoms with Gasteiger partial charge in [-0.25, -0.2) is 4.99 Å². The summed E-state index contributed by atoms with van der Waals surface area (Å²) in [6, 6.07) is 19.1. The second-order valence-electron chi connectivity index (χ2n) is 7.90. The van der Waals surface area contributed by atoms with Crippen molar-refractivity contribution in [3.8, 4) is 12.1 Å². The smallest absolute Gasteiger partial charge is 0.222 e. The molecule has 1 aliphatic carbocycles. The van der Waals surface area contributed by atoms with Crippen LogP contribution in [-0.2, 0) is 0 Å². The average molecular weight is 396 g/mol. The van der Waals surface area contributed by atoms with Crippen LogP contribution < -0.4 is 4.57 Å². The number of hydrogen-bond acceptors (Lipinski definition) is 5. The van der Waals surface area contributed by atoms with Crippen molar-refractivity contribution in [2.45, 2.75) is 37.5 Å². The largest absolute Gasteiger partial charge is 0.364 e. The molecule has 1 aliphatic heterocycles. The number of hydrogen-bond donors (Lipinski definition) is 2. The van der Waals surface area contributed by atoms with Gasteiger partial charge in [0.2, 0.25) is 11.8 Å². The third-order valence-electron chi connectivity index (χ3n) is 6.13. The monoisotopic (exact) mass is 396 g/mol. The number of rotatable bonds is 4. The molecule has 2 aromatic rings. The van der Waals surface area contributed by atoms with Crippen LogP contribution in [0.4, 0.5) is 0 Å². The molecule has 0 radical (unpaired) electrons. The molecule has 0 amide bonds. The summed E-state index contributed by atoms with van der Waals surface area (Å²) in [4.78, 5) is 4.63. The van der Waals surface area contributed by atoms with Crippen molar-refractivity contribution in [1.82, 2.24) is 0 Å². The molecule has 148 valence electrons. The normalized spacial score (nSPS) is 27.9. The lowest BCUT2D eigenvalue weighted by atomic mass is 9.70. The molecule has 30 heavy (non-hydrogen) atoms. The first-order valence-corrected chi connectivity index (χ1v) is 9.98. The highest BCUT2D eigenvalue weighted by molar-refractivity contribution is 6.13. The maximum absolute atomic E-state index is 12.0. The summed E-state index contributed by atoms with van der Waals surface area (Å²) < 4.78 is 2.00. The Labute approximate surface area is 175 Å². The van der Waals surface area contributed by atoms with Crippen molar-refractivity contribution in [1.29, 1.82) is 15.9 Å². The number of aliphatic imine (C=N–C) groups is 1. The maximum Gasteiger partial charge on any atom is 0.222 e. The van der Waals surface area contributed by atoms with Gasteiger partial charge in [0.05, 0.1) is 17.7 Å². The van der Waals surface area contributed by atoms with Crippen molar-refractivity contribution in [2.75, 3.05) is 0 Å². The predicted octanol–water partition coefficient (Wildman–Crippen LogP) is 3.00. The van der Waals surface area contributed by atoms with E-state index in [1.54, 1.807) is 0 Å². The van der Waals surface area contributed by atoms with Crippen LogP contribution in [0, 0.1) is 46.8 Å². The molecule has 4 rings (SSSR count). The van der Waals surface area contributed by atoms with Crippen LogP contribution in [0.15, 0.2) is 65.3 Å². The number of aryl methyl sites for hydroxylation is 1. The fourth-order valence-electron chi connectivity index (χ4n) is 4.57. The number of nitrogens with zero attached hydrogens (tertiary/aromatic N) is 4. The van der Waals surface area contributed by atoms with E-state index in [2.05, 4.69) is 16.9 Å². The molecule has 6 nitrogen and oxygen atoms in total. The summed E-state index contributed by atoms with van der Waals surface area (Å²) in [5, 5.41) is 39.2. The number of nitriles is 2. The van der Waals surface area contributed by atoms with Gasteiger partial charge in [0.1, 0.15) is 17.6 Å². The van der Waals surface area contributed by atoms with Gasteiger partial charge < -0.3 is 5.11 Å². The van der Waals surface area contributed by atoms with E-state index in [-0.39, 0.29) is 17.2 Å². The van der Waals surface area contributed by atoms with Gasteiger partial charge in [-0.15, -0.1) is 0 Å². The van der Waals surface area contributed by atoms with Crippen molar-refractivity contribution < 1.29 is 9.67 Å². The van der Waals surface area contributed by atoms with E-state index in [9.17, 15) is 15.6 Å². The zero-order chi connectivity index (χ0) is 21.3. The lowest BCUT2D eigenvalue weighted by Gasteiger charge is -2.41. The first-order valence-electron chi connectivity index (χ1n) is 9.98. The zero-order valence-electron chi connectivity index (χ0n) is 16.7. The highest BCUT2D eigenvalue weighted by atomic mass is 16.3. The highest BCUT2D eigenvalue weighted by Crippen LogP contribution is 2.54. The minimum absolute atomic E-state index is 0.0684. The Hall–Kier alpha value is -3.57. The standard InChI is InChI=1S/C24H22N5O/c1-16-7-5-6-12-29(16)23-21(17-8-3-2-4-9-17)20(15-27)22(18(13-25)14-26)28-24(23,30)19-10-11-19/h2-9,12,19-21,23,25,30H,10-11H2,1H3/q+1/t20-,21+,23+,24-/m0/s1. The summed E-state index contributed by atoms with van der Waals surface area (Å²) in [7, 11) is 0. The third kappa shape index (κ3) is 3.13. The lowest BCUT2D eigenvalue weighted by molar-refractivity contribution is -0.748. The summed E-state index contributed by atoms with van der Waals surface area (Å²) in [6.45, 7) is 1.97. The van der Waals surface area contributed by atoms with Crippen molar-refractivity contribution in [3.63, 3.8) is 0 Å². The minimum Gasteiger partial charge on any atom is -0.364 e. The Kier molecular flexibility index (Phi) is 5.06. The van der Waals surface area contributed by atoms with Crippen LogP contribution in [0.1, 0.15) is 36.1 Å². The Morgan fingerprint density at radius 3 is 2.43 bits per heavy atom. The van der Waals surface area contributed by atoms with E-state index < -0.39 is 23.6 Å². The van der Waals surface area contributed by atoms with Crippen LogP contribution in [0.3, 0.4) is 0 Å². The number of pyridine rings is 1. The summed E-state index contributed by atoms with van der Waals surface area (Å²) >= 11 is 0. The molecule has 0 spiro atoms. The van der Waals surface area contributed by atoms with Gasteiger partial charge in [-0.3, -0.25) is 5.41 Å². The molecular weight excluding hydrogens is 374 g/mol. The molecule has 1 saturated carbocycles. The summed E-state index contributed by atoms with van der Waals surface area (Å²) in [5.41, 5.74) is 0.400. The van der Waals surface area contributed by atoms with Crippen LogP contribution in [-0.4, -0.2) is 22.4 Å². The van der Waals surface area contributed by atoms with Gasteiger partial charge in [0, 0.05) is 25.0 Å². The topological polar surface area (TPSA) is 108 Å². The van der Waals surface area contributed by atoms with E-state index in [0.29, 0.717) is 0 Å². The molecular formula is C24H22N5O+. The van der Waals surface area contributed by atoms with Gasteiger partial charge in [-0.1, -0.05) is 36.4 Å². The van der Waals surface area contributed by atoms with E-state index >= 15 is 0 Å². The Bertz CT molecular complexity index is 1130. The van der Waals surface area contributed by atoms with Gasteiger partial charge in [0.15, 0.2) is 11.9 Å². The van der Waals surface area contributed by atoms with E-state index in [1.807, 2.05) is 72.3 Å². The number of aliphatic hydroxyl groups is 1. The van der Waals surface area contributed by atoms with Crippen molar-refractivity contribution >= 4 is 11.6 Å². The Morgan fingerprint density at radius 1 is 1.17 bits per heavy atom. The lowest BCUT2D eigenvalue weighted by Crippen LogP contribution is -2.61. The number of nitrogens with one attached hydrogen (secondary N) is 1. The molecule has 1 fully saturated rings. The van der Waals surface area contributed by atoms with Crippen LogP contribution in [0.2, 0.25) is 0 Å². The number of aromatic nitrogens is 1. The van der Waals surface area contributed by atoms with Crippen molar-refractivity contribution in [2.24, 2.45) is 16.8 Å². The molecule has 6 heteroatoms. The van der Waals surface area contributed by atoms with Crippen molar-refractivity contribution in [3.05, 3.63) is 71.6 Å². The fraction of sp³-hybridized carbons (Fsp3) is 0.333. The van der Waals surface area contributed by atoms with E-state index in [0.717, 1.165) is 24.1 Å². The quantitative estimate of drug-likeness (QED) is 0.471. The maximum atomic E-state index is 12.0. The highest BCUT2D eigenvalue weighted by Gasteiger charge is 2.62. The van der Waals surface area contributed by atoms with Gasteiger partial charge >= 0.3 is 0 Å². The molecule has 2 heterocycles. The van der Waals surface area contributed by atoms with Gasteiger partial charge in [-0.2, -0.15) is 15.1 Å². The molecule has 2 N–H and O–H groups in total. The minimum atomic E-state index is -1.49. The fourth-order valence-corrected chi connectivity index (χ4v) is 4.57. The molecule has 0 saturated heterocycles. The first-order chi connectivity index (χ1) is 14.5. The third-order valence-corrected chi connectivity index (χ3v) is 6.13. The Balaban J connectivity index is 2.04. The predicted molar refractivity (Wildman–Crippen MR) is 111 cm³/mol. The SMILES string of the molecule is Cc1cccc[n+]1[C@@H]1[C@H](c2ccccc2)[C@H](C#N)C(C(=C=N)C#N)=N[C@]1(O)C1CC1. The molecule has 0 unspecified atom stereocenters. The molecule has 0 bridgehead atoms. The second kappa shape index (κ2) is 7.69. The molecule has 1 aromatic heterocycles. The zero-order valence-corrected chi connectivity index (χ0v) is 16.7.